The van der Waals surface area contributed by atoms with Crippen LogP contribution < -0.4 is 5.32 Å². The molecule has 0 saturated carbocycles. The van der Waals surface area contributed by atoms with E-state index >= 15 is 0 Å². The third-order valence-corrected chi connectivity index (χ3v) is 5.57. The summed E-state index contributed by atoms with van der Waals surface area (Å²) in [5, 5.41) is 3.70. The molecular weight excluding hydrogens is 408 g/mol. The number of benzene rings is 3. The molecule has 0 fully saturated rings. The summed E-state index contributed by atoms with van der Waals surface area (Å²) in [6, 6.07) is 34.7. The Labute approximate surface area is 194 Å². The van der Waals surface area contributed by atoms with Gasteiger partial charge in [0.2, 0.25) is 0 Å². The Hall–Kier alpha value is -4.18. The van der Waals surface area contributed by atoms with Gasteiger partial charge in [0, 0.05) is 11.8 Å². The van der Waals surface area contributed by atoms with Gasteiger partial charge in [0.1, 0.15) is 11.4 Å². The SMILES string of the molecule is C=C(C(=O)OCC)c1ccc(NC(c2ccccc2)(c2ccccc2)c2ccccc2)nc1. The highest BCUT2D eigenvalue weighted by molar-refractivity contribution is 6.15. The smallest absolute Gasteiger partial charge is 0.338 e. The van der Waals surface area contributed by atoms with E-state index < -0.39 is 11.5 Å². The van der Waals surface area contributed by atoms with Crippen molar-refractivity contribution in [2.24, 2.45) is 0 Å². The summed E-state index contributed by atoms with van der Waals surface area (Å²) in [4.78, 5) is 16.7. The minimum atomic E-state index is -0.670. The molecule has 4 nitrogen and oxygen atoms in total. The summed E-state index contributed by atoms with van der Waals surface area (Å²) in [6.07, 6.45) is 1.65. The molecule has 0 aliphatic rings. The lowest BCUT2D eigenvalue weighted by Gasteiger charge is -2.37. The van der Waals surface area contributed by atoms with Crippen LogP contribution in [0.2, 0.25) is 0 Å². The Kier molecular flexibility index (Phi) is 6.65. The first-order valence-electron chi connectivity index (χ1n) is 10.9. The lowest BCUT2D eigenvalue weighted by atomic mass is 9.77. The summed E-state index contributed by atoms with van der Waals surface area (Å²) in [7, 11) is 0. The van der Waals surface area contributed by atoms with Crippen LogP contribution in [0.5, 0.6) is 0 Å². The molecule has 1 N–H and O–H groups in total. The topological polar surface area (TPSA) is 51.2 Å². The van der Waals surface area contributed by atoms with Crippen molar-refractivity contribution in [3.05, 3.63) is 138 Å². The lowest BCUT2D eigenvalue weighted by Crippen LogP contribution is -2.38. The van der Waals surface area contributed by atoms with Gasteiger partial charge in [-0.1, -0.05) is 97.6 Å². The normalized spacial score (nSPS) is 10.9. The summed E-state index contributed by atoms with van der Waals surface area (Å²) < 4.78 is 5.06. The number of pyridine rings is 1. The molecule has 4 heteroatoms. The third kappa shape index (κ3) is 4.55. The summed E-state index contributed by atoms with van der Waals surface area (Å²) in [5.41, 5.74) is 3.51. The van der Waals surface area contributed by atoms with Crippen molar-refractivity contribution in [3.63, 3.8) is 0 Å². The van der Waals surface area contributed by atoms with Crippen LogP contribution in [0.15, 0.2) is 116 Å². The Morgan fingerprint density at radius 2 is 1.30 bits per heavy atom. The van der Waals surface area contributed by atoms with Crippen LogP contribution in [0.25, 0.3) is 5.57 Å². The van der Waals surface area contributed by atoms with E-state index in [4.69, 9.17) is 4.74 Å². The van der Waals surface area contributed by atoms with Crippen molar-refractivity contribution in [1.82, 2.24) is 4.98 Å². The van der Waals surface area contributed by atoms with E-state index in [2.05, 4.69) is 53.3 Å². The molecule has 0 unspecified atom stereocenters. The average molecular weight is 435 g/mol. The van der Waals surface area contributed by atoms with Crippen LogP contribution in [0.3, 0.4) is 0 Å². The zero-order chi connectivity index (χ0) is 23.1. The van der Waals surface area contributed by atoms with Crippen molar-refractivity contribution in [2.75, 3.05) is 11.9 Å². The molecular formula is C29H26N2O2. The van der Waals surface area contributed by atoms with Crippen LogP contribution in [0.4, 0.5) is 5.82 Å². The van der Waals surface area contributed by atoms with E-state index in [0.29, 0.717) is 18.0 Å². The second-order valence-electron chi connectivity index (χ2n) is 7.60. The van der Waals surface area contributed by atoms with Gasteiger partial charge in [0.15, 0.2) is 0 Å². The second kappa shape index (κ2) is 9.96. The van der Waals surface area contributed by atoms with Crippen LogP contribution in [-0.4, -0.2) is 17.6 Å². The number of hydrogen-bond acceptors (Lipinski definition) is 4. The maximum atomic E-state index is 12.0. The number of hydrogen-bond donors (Lipinski definition) is 1. The van der Waals surface area contributed by atoms with Gasteiger partial charge in [-0.2, -0.15) is 0 Å². The lowest BCUT2D eigenvalue weighted by molar-refractivity contribution is -0.136. The number of carbonyl (C=O) groups is 1. The number of nitrogens with zero attached hydrogens (tertiary/aromatic N) is 1. The molecule has 0 spiro atoms. The number of nitrogens with one attached hydrogen (secondary N) is 1. The monoisotopic (exact) mass is 434 g/mol. The maximum absolute atomic E-state index is 12.0. The fourth-order valence-electron chi connectivity index (χ4n) is 3.96. The van der Waals surface area contributed by atoms with Gasteiger partial charge in [-0.05, 0) is 35.7 Å². The molecule has 1 aromatic heterocycles. The molecule has 0 radical (unpaired) electrons. The van der Waals surface area contributed by atoms with Gasteiger partial charge in [0.05, 0.1) is 12.2 Å². The molecule has 164 valence electrons. The first kappa shape index (κ1) is 22.0. The number of ether oxygens (including phenoxy) is 1. The number of aromatic nitrogens is 1. The van der Waals surface area contributed by atoms with Gasteiger partial charge < -0.3 is 10.1 Å². The number of esters is 1. The standard InChI is InChI=1S/C29H26N2O2/c1-3-33-28(32)22(2)23-19-20-27(30-21-23)31-29(24-13-7-4-8-14-24,25-15-9-5-10-16-25)26-17-11-6-12-18-26/h4-21H,2-3H2,1H3,(H,30,31). The molecule has 0 bridgehead atoms. The van der Waals surface area contributed by atoms with Crippen LogP contribution in [0, 0.1) is 0 Å². The van der Waals surface area contributed by atoms with E-state index in [-0.39, 0.29) is 5.57 Å². The Balaban J connectivity index is 1.81. The average Bonchev–Trinajstić information content (AvgIpc) is 2.89. The van der Waals surface area contributed by atoms with Crippen molar-refractivity contribution in [2.45, 2.75) is 12.5 Å². The molecule has 3 aromatic carbocycles. The predicted molar refractivity (Wildman–Crippen MR) is 133 cm³/mol. The number of rotatable bonds is 8. The Morgan fingerprint density at radius 3 is 1.70 bits per heavy atom. The maximum Gasteiger partial charge on any atom is 0.338 e. The van der Waals surface area contributed by atoms with Crippen LogP contribution >= 0.6 is 0 Å². The number of carbonyl (C=O) groups excluding carboxylic acids is 1. The van der Waals surface area contributed by atoms with Gasteiger partial charge in [-0.15, -0.1) is 0 Å². The van der Waals surface area contributed by atoms with Crippen molar-refractivity contribution < 1.29 is 9.53 Å². The fraction of sp³-hybridized carbons (Fsp3) is 0.103. The minimum Gasteiger partial charge on any atom is -0.462 e. The van der Waals surface area contributed by atoms with Crippen molar-refractivity contribution in [3.8, 4) is 0 Å². The first-order valence-corrected chi connectivity index (χ1v) is 10.9. The van der Waals surface area contributed by atoms with Gasteiger partial charge in [-0.25, -0.2) is 9.78 Å². The quantitative estimate of drug-likeness (QED) is 0.208. The zero-order valence-corrected chi connectivity index (χ0v) is 18.6. The van der Waals surface area contributed by atoms with Crippen LogP contribution in [0.1, 0.15) is 29.2 Å². The summed E-state index contributed by atoms with van der Waals surface area (Å²) in [5.74, 6) is 0.235. The molecule has 1 heterocycles. The summed E-state index contributed by atoms with van der Waals surface area (Å²) >= 11 is 0. The van der Waals surface area contributed by atoms with Gasteiger partial charge in [-0.3, -0.25) is 0 Å². The fourth-order valence-corrected chi connectivity index (χ4v) is 3.96. The molecule has 0 amide bonds. The molecule has 0 aliphatic heterocycles. The Bertz CT molecular complexity index is 1110. The minimum absolute atomic E-state index is 0.288. The van der Waals surface area contributed by atoms with E-state index in [0.717, 1.165) is 16.7 Å². The molecule has 4 rings (SSSR count). The van der Waals surface area contributed by atoms with E-state index in [1.807, 2.05) is 66.7 Å². The molecule has 0 aliphatic carbocycles. The molecule has 4 aromatic rings. The van der Waals surface area contributed by atoms with Gasteiger partial charge in [0.25, 0.3) is 0 Å². The molecule has 0 atom stereocenters. The summed E-state index contributed by atoms with van der Waals surface area (Å²) in [6.45, 7) is 5.93. The Morgan fingerprint density at radius 1 is 0.818 bits per heavy atom. The zero-order valence-electron chi connectivity index (χ0n) is 18.6. The van der Waals surface area contributed by atoms with Crippen molar-refractivity contribution in [1.29, 1.82) is 0 Å². The second-order valence-corrected chi connectivity index (χ2v) is 7.60. The largest absolute Gasteiger partial charge is 0.462 e. The first-order chi connectivity index (χ1) is 16.1. The van der Waals surface area contributed by atoms with E-state index in [9.17, 15) is 4.79 Å². The predicted octanol–water partition coefficient (Wildman–Crippen LogP) is 6.06. The number of anilines is 1. The highest BCUT2D eigenvalue weighted by atomic mass is 16.5. The molecule has 33 heavy (non-hydrogen) atoms. The highest BCUT2D eigenvalue weighted by Gasteiger charge is 2.36. The highest BCUT2D eigenvalue weighted by Crippen LogP contribution is 2.39. The molecule has 0 saturated heterocycles. The van der Waals surface area contributed by atoms with E-state index in [1.165, 1.54) is 0 Å². The van der Waals surface area contributed by atoms with E-state index in [1.54, 1.807) is 13.1 Å². The van der Waals surface area contributed by atoms with Crippen molar-refractivity contribution >= 4 is 17.4 Å². The third-order valence-electron chi connectivity index (χ3n) is 5.57. The van der Waals surface area contributed by atoms with Gasteiger partial charge >= 0.3 is 5.97 Å². The van der Waals surface area contributed by atoms with Crippen LogP contribution in [-0.2, 0) is 15.1 Å².